The minimum atomic E-state index is 0.381. The van der Waals surface area contributed by atoms with Gasteiger partial charge >= 0.3 is 0 Å². The van der Waals surface area contributed by atoms with Crippen molar-refractivity contribution in [2.45, 2.75) is 127 Å². The van der Waals surface area contributed by atoms with Crippen molar-refractivity contribution in [3.63, 3.8) is 0 Å². The van der Waals surface area contributed by atoms with Crippen LogP contribution in [0.2, 0.25) is 0 Å². The van der Waals surface area contributed by atoms with Crippen LogP contribution in [0.3, 0.4) is 0 Å². The van der Waals surface area contributed by atoms with E-state index >= 15 is 0 Å². The molecular weight excluding hydrogens is 687 g/mol. The van der Waals surface area contributed by atoms with Crippen LogP contribution in [0.25, 0.3) is 44.7 Å². The molecule has 7 heterocycles. The zero-order chi connectivity index (χ0) is 40.0. The molecular formula is C42H57N13. The number of H-pyrrole nitrogens is 4. The summed E-state index contributed by atoms with van der Waals surface area (Å²) in [5.41, 5.74) is 11.8. The monoisotopic (exact) mass is 743 g/mol. The van der Waals surface area contributed by atoms with E-state index in [1.165, 1.54) is 5.56 Å². The summed E-state index contributed by atoms with van der Waals surface area (Å²) >= 11 is 0. The minimum Gasteiger partial charge on any atom is -0.342 e. The Labute approximate surface area is 323 Å². The number of benzene rings is 1. The average molecular weight is 744 g/mol. The smallest absolute Gasteiger partial charge is 0.197 e. The van der Waals surface area contributed by atoms with Gasteiger partial charge in [-0.05, 0) is 62.9 Å². The first kappa shape index (κ1) is 40.6. The standard InChI is InChI=1S/C12H16N2.C11H16N4.C10H13N3.C9H12N4/c1-4-9-5-6-10-11(7-9)14-12(13-10)8(2)3;1-5-8-7(4)12-10-11(13-8)15-9(14-10)6(2)3;1-6(2)9-12-8-4-7(3)5-11-10(8)13-9;1-5(2)8-12-7-4-10-6(3)11-9(7)13-8/h5-8H,4H2,1-3H3,(H,13,14);6H,5H2,1-4H3,(H,12,13,14,15);4-6H,1-3H3,(H,11,12,13);4-5H,1-3H3,(H,10,11,12,13). The van der Waals surface area contributed by atoms with E-state index in [2.05, 4.69) is 158 Å². The van der Waals surface area contributed by atoms with E-state index in [0.717, 1.165) is 104 Å². The van der Waals surface area contributed by atoms with Crippen LogP contribution in [0, 0.1) is 20.8 Å². The Balaban J connectivity index is 0.000000141. The predicted octanol–water partition coefficient (Wildman–Crippen LogP) is 9.77. The summed E-state index contributed by atoms with van der Waals surface area (Å²) in [5.74, 6) is 6.44. The van der Waals surface area contributed by atoms with Crippen molar-refractivity contribution in [3.8, 4) is 0 Å². The largest absolute Gasteiger partial charge is 0.342 e. The van der Waals surface area contributed by atoms with E-state index in [1.807, 2.05) is 27.0 Å². The van der Waals surface area contributed by atoms with Gasteiger partial charge in [0.25, 0.3) is 0 Å². The van der Waals surface area contributed by atoms with E-state index in [4.69, 9.17) is 0 Å². The number of aromatic nitrogens is 13. The highest BCUT2D eigenvalue weighted by molar-refractivity contribution is 5.76. The second kappa shape index (κ2) is 17.7. The van der Waals surface area contributed by atoms with Crippen LogP contribution in [0.15, 0.2) is 36.7 Å². The summed E-state index contributed by atoms with van der Waals surface area (Å²) in [6.07, 6.45) is 5.59. The van der Waals surface area contributed by atoms with Gasteiger partial charge in [0.15, 0.2) is 22.6 Å². The molecule has 0 unspecified atom stereocenters. The first-order valence-electron chi connectivity index (χ1n) is 19.4. The van der Waals surface area contributed by atoms with Gasteiger partial charge in [0.05, 0.1) is 34.1 Å². The fraction of sp³-hybridized carbons (Fsp3) is 0.452. The lowest BCUT2D eigenvalue weighted by Crippen LogP contribution is -1.96. The Morgan fingerprint density at radius 1 is 0.509 bits per heavy atom. The highest BCUT2D eigenvalue weighted by Crippen LogP contribution is 2.20. The highest BCUT2D eigenvalue weighted by Gasteiger charge is 2.11. The normalized spacial score (nSPS) is 11.4. The summed E-state index contributed by atoms with van der Waals surface area (Å²) in [5, 5.41) is 0. The summed E-state index contributed by atoms with van der Waals surface area (Å²) < 4.78 is 0. The lowest BCUT2D eigenvalue weighted by molar-refractivity contribution is 0.797. The number of fused-ring (bicyclic) bond motifs is 4. The fourth-order valence-corrected chi connectivity index (χ4v) is 5.63. The van der Waals surface area contributed by atoms with Crippen molar-refractivity contribution in [3.05, 3.63) is 88.3 Å². The Hall–Kier alpha value is -5.59. The molecule has 0 fully saturated rings. The minimum absolute atomic E-state index is 0.381. The Bertz CT molecular complexity index is 2390. The number of aryl methyl sites for hydroxylation is 5. The third kappa shape index (κ3) is 10.1. The Morgan fingerprint density at radius 2 is 1.09 bits per heavy atom. The van der Waals surface area contributed by atoms with Gasteiger partial charge in [0.1, 0.15) is 34.6 Å². The second-order valence-electron chi connectivity index (χ2n) is 15.1. The number of hydrogen-bond donors (Lipinski definition) is 4. The van der Waals surface area contributed by atoms with Crippen molar-refractivity contribution < 1.29 is 0 Å². The maximum absolute atomic E-state index is 4.53. The Morgan fingerprint density at radius 3 is 1.73 bits per heavy atom. The molecule has 1 aromatic carbocycles. The van der Waals surface area contributed by atoms with Gasteiger partial charge < -0.3 is 19.9 Å². The number of hydrogen-bond acceptors (Lipinski definition) is 9. The molecule has 7 aromatic heterocycles. The summed E-state index contributed by atoms with van der Waals surface area (Å²) in [6.45, 7) is 27.1. The van der Waals surface area contributed by atoms with Crippen LogP contribution >= 0.6 is 0 Å². The molecule has 0 aliphatic carbocycles. The second-order valence-corrected chi connectivity index (χ2v) is 15.1. The lowest BCUT2D eigenvalue weighted by atomic mass is 10.1. The number of nitrogens with zero attached hydrogens (tertiary/aromatic N) is 9. The molecule has 0 amide bonds. The molecule has 0 spiro atoms. The number of aromatic amines is 4. The molecule has 0 aliphatic rings. The zero-order valence-corrected chi connectivity index (χ0v) is 34.7. The van der Waals surface area contributed by atoms with Gasteiger partial charge in [0, 0.05) is 29.9 Å². The van der Waals surface area contributed by atoms with Gasteiger partial charge in [-0.3, -0.25) is 0 Å². The zero-order valence-electron chi connectivity index (χ0n) is 34.7. The van der Waals surface area contributed by atoms with Crippen molar-refractivity contribution in [2.24, 2.45) is 0 Å². The average Bonchev–Trinajstić information content (AvgIpc) is 3.95. The maximum atomic E-state index is 4.53. The van der Waals surface area contributed by atoms with Gasteiger partial charge in [-0.25, -0.2) is 44.9 Å². The molecule has 0 aliphatic heterocycles. The predicted molar refractivity (Wildman–Crippen MR) is 223 cm³/mol. The SMILES string of the molecule is CCc1ccc2nc(C(C)C)[nH]c2c1.CCc1nc2nc(C(C)C)[nH]c2nc1C.Cc1cnc2nc(C(C)C)[nH]c2c1.Cc1ncc2[nH]c(C(C)C)nc2n1. The molecule has 0 bridgehead atoms. The molecule has 0 saturated heterocycles. The van der Waals surface area contributed by atoms with Crippen molar-refractivity contribution in [2.75, 3.05) is 0 Å². The number of rotatable bonds is 6. The van der Waals surface area contributed by atoms with Gasteiger partial charge in [-0.1, -0.05) is 75.3 Å². The van der Waals surface area contributed by atoms with Crippen LogP contribution in [-0.4, -0.2) is 64.8 Å². The van der Waals surface area contributed by atoms with E-state index in [0.29, 0.717) is 23.7 Å². The van der Waals surface area contributed by atoms with Gasteiger partial charge in [-0.15, -0.1) is 0 Å². The molecule has 13 nitrogen and oxygen atoms in total. The summed E-state index contributed by atoms with van der Waals surface area (Å²) in [4.78, 5) is 52.3. The lowest BCUT2D eigenvalue weighted by Gasteiger charge is -1.98. The third-order valence-electron chi connectivity index (χ3n) is 8.99. The molecule has 13 heteroatoms. The molecule has 8 aromatic rings. The first-order valence-corrected chi connectivity index (χ1v) is 19.4. The van der Waals surface area contributed by atoms with E-state index in [-0.39, 0.29) is 0 Å². The van der Waals surface area contributed by atoms with Crippen molar-refractivity contribution in [1.82, 2.24) is 64.8 Å². The molecule has 290 valence electrons. The summed E-state index contributed by atoms with van der Waals surface area (Å²) in [6, 6.07) is 8.50. The maximum Gasteiger partial charge on any atom is 0.197 e. The topological polar surface area (TPSA) is 179 Å². The number of pyridine rings is 1. The van der Waals surface area contributed by atoms with Gasteiger partial charge in [-0.2, -0.15) is 0 Å². The van der Waals surface area contributed by atoms with E-state index in [9.17, 15) is 0 Å². The van der Waals surface area contributed by atoms with Crippen LogP contribution in [0.5, 0.6) is 0 Å². The van der Waals surface area contributed by atoms with E-state index in [1.54, 1.807) is 6.20 Å². The van der Waals surface area contributed by atoms with Gasteiger partial charge in [0.2, 0.25) is 0 Å². The fourth-order valence-electron chi connectivity index (χ4n) is 5.63. The van der Waals surface area contributed by atoms with E-state index < -0.39 is 0 Å². The molecule has 0 atom stereocenters. The van der Waals surface area contributed by atoms with Crippen LogP contribution in [-0.2, 0) is 12.8 Å². The molecule has 55 heavy (non-hydrogen) atoms. The summed E-state index contributed by atoms with van der Waals surface area (Å²) in [7, 11) is 0. The molecule has 0 saturated carbocycles. The van der Waals surface area contributed by atoms with Crippen LogP contribution in [0.1, 0.15) is 145 Å². The highest BCUT2D eigenvalue weighted by atomic mass is 15.1. The van der Waals surface area contributed by atoms with Crippen molar-refractivity contribution >= 4 is 44.7 Å². The number of imidazole rings is 4. The third-order valence-corrected chi connectivity index (χ3v) is 8.99. The Kier molecular flexibility index (Phi) is 13.1. The number of nitrogens with one attached hydrogen (secondary N) is 4. The van der Waals surface area contributed by atoms with Crippen LogP contribution < -0.4 is 0 Å². The molecule has 0 radical (unpaired) electrons. The quantitative estimate of drug-likeness (QED) is 0.129. The molecule has 4 N–H and O–H groups in total. The molecule has 8 rings (SSSR count). The van der Waals surface area contributed by atoms with Crippen LogP contribution in [0.4, 0.5) is 0 Å². The first-order chi connectivity index (χ1) is 26.1. The van der Waals surface area contributed by atoms with Crippen molar-refractivity contribution in [1.29, 1.82) is 0 Å².